The largest absolute Gasteiger partial charge is 0.309 e. The summed E-state index contributed by atoms with van der Waals surface area (Å²) in [6.07, 6.45) is 5.76. The van der Waals surface area contributed by atoms with Gasteiger partial charge in [0.05, 0.1) is 60.7 Å². The van der Waals surface area contributed by atoms with E-state index in [2.05, 4.69) is 404 Å². The second kappa shape index (κ2) is 31.2. The Hall–Kier alpha value is -17.7. The van der Waals surface area contributed by atoms with Crippen molar-refractivity contribution < 1.29 is 0 Å². The molecule has 0 saturated heterocycles. The molecule has 12 nitrogen and oxygen atoms in total. The standard InChI is InChI=1S/C44H28N6.C39H25N3.C35H23N3/c1-4-14-29(15-5-1)42-46-43(30-16-6-2-7-17-30)48-44(47-42)50-36-22-11-10-20-34(36)35-28-31(25-26-37(35)50)33-21-12-23-38-40(33)41-39(24-13-27-45-41)49(38)32-18-8-3-9-19-32;1-2-12-29(13-3-1)42-36-17-9-7-15-33(36)38-31(22-23-40-39(38)42)28-19-21-37-34(25-28)32-14-6-8-16-35(32)41(37)30-20-18-26-10-4-5-11-27(26)24-30;1-3-11-25(12-4-1)37-31-17-9-7-15-28(31)30-23-24(19-20-33(30)37)27-21-22-36-35-34(27)29-16-8-10-18-32(29)38(35)26-13-5-2-6-14-26/h1-28H;1-25H;1-23H. The summed E-state index contributed by atoms with van der Waals surface area (Å²) in [4.78, 5) is 29.8. The maximum Gasteiger partial charge on any atom is 0.238 e. The van der Waals surface area contributed by atoms with Crippen LogP contribution in [0.5, 0.6) is 0 Å². The molecule has 0 radical (unpaired) electrons. The molecule has 0 unspecified atom stereocenters. The van der Waals surface area contributed by atoms with Crippen molar-refractivity contribution in [2.45, 2.75) is 0 Å². The Morgan fingerprint density at radius 1 is 0.169 bits per heavy atom. The quantitative estimate of drug-likeness (QED) is 0.128. The first-order valence-corrected chi connectivity index (χ1v) is 43.9. The van der Waals surface area contributed by atoms with Gasteiger partial charge in [0.25, 0.3) is 0 Å². The third kappa shape index (κ3) is 12.4. The number of fused-ring (bicyclic) bond motifs is 19. The van der Waals surface area contributed by atoms with E-state index in [0.717, 1.165) is 105 Å². The number of hydrogen-bond acceptors (Lipinski definition) is 6. The van der Waals surface area contributed by atoms with Crippen LogP contribution in [0.25, 0.3) is 233 Å². The van der Waals surface area contributed by atoms with E-state index >= 15 is 0 Å². The van der Waals surface area contributed by atoms with E-state index in [9.17, 15) is 0 Å². The second-order valence-corrected chi connectivity index (χ2v) is 32.9. The minimum absolute atomic E-state index is 0.578. The van der Waals surface area contributed by atoms with Gasteiger partial charge in [0.2, 0.25) is 5.95 Å². The molecule has 12 heteroatoms. The summed E-state index contributed by atoms with van der Waals surface area (Å²) in [6.45, 7) is 0. The lowest BCUT2D eigenvalue weighted by Crippen LogP contribution is -2.06. The highest BCUT2D eigenvalue weighted by atomic mass is 15.2. The highest BCUT2D eigenvalue weighted by Crippen LogP contribution is 2.46. The zero-order chi connectivity index (χ0) is 85.7. The number of rotatable bonds is 11. The van der Waals surface area contributed by atoms with Crippen LogP contribution in [0.2, 0.25) is 0 Å². The summed E-state index contributed by atoms with van der Waals surface area (Å²) in [7, 11) is 0. The first kappa shape index (κ1) is 74.8. The summed E-state index contributed by atoms with van der Waals surface area (Å²) in [5, 5.41) is 15.6. The zero-order valence-corrected chi connectivity index (χ0v) is 70.2. The van der Waals surface area contributed by atoms with Crippen LogP contribution in [-0.4, -0.2) is 57.3 Å². The molecular formula is C118H76N12. The Balaban J connectivity index is 0.000000106. The normalized spacial score (nSPS) is 11.7. The molecule has 17 aromatic carbocycles. The van der Waals surface area contributed by atoms with Crippen LogP contribution in [0.1, 0.15) is 0 Å². The highest BCUT2D eigenvalue weighted by Gasteiger charge is 2.26. The second-order valence-electron chi connectivity index (χ2n) is 32.9. The van der Waals surface area contributed by atoms with E-state index in [1.807, 2.05) is 85.3 Å². The van der Waals surface area contributed by atoms with Gasteiger partial charge in [-0.05, 0) is 202 Å². The molecule has 10 aromatic heterocycles. The van der Waals surface area contributed by atoms with Crippen LogP contribution in [0.15, 0.2) is 461 Å². The molecule has 0 amide bonds. The Kier molecular flexibility index (Phi) is 18.0. The lowest BCUT2D eigenvalue weighted by Gasteiger charge is -2.11. The fourth-order valence-corrected chi connectivity index (χ4v) is 19.9. The topological polar surface area (TPSA) is 107 Å². The first-order valence-electron chi connectivity index (χ1n) is 43.9. The molecule has 0 saturated carbocycles. The van der Waals surface area contributed by atoms with E-state index in [4.69, 9.17) is 29.9 Å². The monoisotopic (exact) mass is 1660 g/mol. The molecule has 0 aliphatic heterocycles. The van der Waals surface area contributed by atoms with Gasteiger partial charge < -0.3 is 13.7 Å². The number of para-hydroxylation sites is 9. The zero-order valence-electron chi connectivity index (χ0n) is 70.2. The highest BCUT2D eigenvalue weighted by molar-refractivity contribution is 6.20. The predicted molar refractivity (Wildman–Crippen MR) is 537 cm³/mol. The third-order valence-corrected chi connectivity index (χ3v) is 25.5. The van der Waals surface area contributed by atoms with Gasteiger partial charge in [0.15, 0.2) is 11.6 Å². The third-order valence-electron chi connectivity index (χ3n) is 25.5. The SMILES string of the molecule is c1ccc(-c2nc(-c3ccccc3)nc(-n3c4ccccc4c4cc(-c5cccc6c5c5ncccc5n6-c5ccccc5)ccc43)n2)cc1.c1ccc(-n2c3ccccc3c3c(-c4ccc5c(c4)c4ccccc4n5-c4ccc5ccccc5c4)ccnc32)cc1.c1ccc(-n2c3ccccc3c3cc(-c4ccnc5c4c4ccccc4n5-c4ccccc4)ccc32)cc1. The van der Waals surface area contributed by atoms with Gasteiger partial charge in [0.1, 0.15) is 11.3 Å². The van der Waals surface area contributed by atoms with Crippen molar-refractivity contribution in [3.63, 3.8) is 0 Å². The van der Waals surface area contributed by atoms with Crippen LogP contribution >= 0.6 is 0 Å². The molecule has 608 valence electrons. The van der Waals surface area contributed by atoms with Gasteiger partial charge >= 0.3 is 0 Å². The molecule has 27 rings (SSSR count). The molecule has 0 N–H and O–H groups in total. The summed E-state index contributed by atoms with van der Waals surface area (Å²) in [5.74, 6) is 1.84. The fourth-order valence-electron chi connectivity index (χ4n) is 19.9. The Bertz CT molecular complexity index is 9050. The van der Waals surface area contributed by atoms with Crippen molar-refractivity contribution in [3.05, 3.63) is 461 Å². The van der Waals surface area contributed by atoms with E-state index < -0.39 is 0 Å². The fraction of sp³-hybridized carbons (Fsp3) is 0. The van der Waals surface area contributed by atoms with Crippen molar-refractivity contribution in [2.75, 3.05) is 0 Å². The Morgan fingerprint density at radius 3 is 0.985 bits per heavy atom. The molecule has 27 aromatic rings. The molecule has 0 aliphatic rings. The van der Waals surface area contributed by atoms with E-state index in [0.29, 0.717) is 17.6 Å². The average Bonchev–Trinajstić information content (AvgIpc) is 1.57. The number of pyridine rings is 3. The lowest BCUT2D eigenvalue weighted by molar-refractivity contribution is 0.953. The summed E-state index contributed by atoms with van der Waals surface area (Å²) >= 11 is 0. The van der Waals surface area contributed by atoms with Gasteiger partial charge in [-0.3, -0.25) is 18.7 Å². The van der Waals surface area contributed by atoms with Gasteiger partial charge in [-0.15, -0.1) is 0 Å². The number of nitrogens with zero attached hydrogens (tertiary/aromatic N) is 12. The van der Waals surface area contributed by atoms with Crippen LogP contribution < -0.4 is 0 Å². The van der Waals surface area contributed by atoms with Crippen LogP contribution in [0, 0.1) is 0 Å². The lowest BCUT2D eigenvalue weighted by atomic mass is 9.99. The number of hydrogen-bond donors (Lipinski definition) is 0. The average molecular weight is 1660 g/mol. The molecule has 0 atom stereocenters. The molecular weight excluding hydrogens is 1590 g/mol. The van der Waals surface area contributed by atoms with Crippen molar-refractivity contribution in [1.82, 2.24) is 57.3 Å². The molecule has 10 heterocycles. The smallest absolute Gasteiger partial charge is 0.238 e. The van der Waals surface area contributed by atoms with E-state index in [-0.39, 0.29) is 0 Å². The summed E-state index contributed by atoms with van der Waals surface area (Å²) in [5.41, 5.74) is 28.9. The summed E-state index contributed by atoms with van der Waals surface area (Å²) < 4.78 is 13.8. The van der Waals surface area contributed by atoms with Crippen molar-refractivity contribution >= 4 is 142 Å². The van der Waals surface area contributed by atoms with Crippen LogP contribution in [-0.2, 0) is 0 Å². The molecule has 0 bridgehead atoms. The molecule has 0 fully saturated rings. The Morgan fingerprint density at radius 2 is 0.515 bits per heavy atom. The first-order chi connectivity index (χ1) is 64.5. The van der Waals surface area contributed by atoms with Gasteiger partial charge in [-0.25, -0.2) is 15.0 Å². The van der Waals surface area contributed by atoms with Crippen molar-refractivity contribution in [2.24, 2.45) is 0 Å². The van der Waals surface area contributed by atoms with Crippen molar-refractivity contribution in [1.29, 1.82) is 0 Å². The van der Waals surface area contributed by atoms with Crippen LogP contribution in [0.4, 0.5) is 0 Å². The maximum absolute atomic E-state index is 5.09. The van der Waals surface area contributed by atoms with E-state index in [1.54, 1.807) is 0 Å². The molecule has 0 aliphatic carbocycles. The Labute approximate surface area is 746 Å². The molecule has 0 spiro atoms. The maximum atomic E-state index is 5.09. The molecule has 130 heavy (non-hydrogen) atoms. The number of aromatic nitrogens is 12. The minimum atomic E-state index is 0.578. The summed E-state index contributed by atoms with van der Waals surface area (Å²) in [6, 6.07) is 156. The van der Waals surface area contributed by atoms with Gasteiger partial charge in [-0.1, -0.05) is 285 Å². The minimum Gasteiger partial charge on any atom is -0.309 e. The number of benzene rings is 17. The van der Waals surface area contributed by atoms with E-state index in [1.165, 1.54) is 110 Å². The van der Waals surface area contributed by atoms with Crippen molar-refractivity contribution in [3.8, 4) is 90.5 Å². The van der Waals surface area contributed by atoms with Gasteiger partial charge in [-0.2, -0.15) is 9.97 Å². The van der Waals surface area contributed by atoms with Crippen LogP contribution in [0.3, 0.4) is 0 Å². The predicted octanol–water partition coefficient (Wildman–Crippen LogP) is 29.5. The van der Waals surface area contributed by atoms with Gasteiger partial charge in [0, 0.05) is 117 Å².